The van der Waals surface area contributed by atoms with Gasteiger partial charge in [0, 0.05) is 36.9 Å². The molecular weight excluding hydrogens is 422 g/mol. The predicted molar refractivity (Wildman–Crippen MR) is 130 cm³/mol. The Hall–Kier alpha value is -2.32. The first-order valence-corrected chi connectivity index (χ1v) is 12.5. The molecule has 2 aromatic rings. The van der Waals surface area contributed by atoms with Gasteiger partial charge in [-0.05, 0) is 58.3 Å². The van der Waals surface area contributed by atoms with Gasteiger partial charge in [0.15, 0.2) is 5.16 Å². The standard InChI is InChI=1S/C24H35N5O2S/c1-24(2,3)31-23(30)28-20-12-10-19(11-13-20)27-21-18(16-26-22(29-21)32-4)15-25-14-17-8-6-5-7-9-17/h5-9,16,19-20,25H,10-15H2,1-4H3,(H,28,30)(H,26,27,29). The van der Waals surface area contributed by atoms with E-state index in [1.54, 1.807) is 11.8 Å². The van der Waals surface area contributed by atoms with E-state index in [1.165, 1.54) is 5.56 Å². The number of thioether (sulfide) groups is 1. The fourth-order valence-corrected chi connectivity index (χ4v) is 4.07. The Morgan fingerprint density at radius 2 is 1.78 bits per heavy atom. The second-order valence-corrected chi connectivity index (χ2v) is 9.93. The van der Waals surface area contributed by atoms with Gasteiger partial charge >= 0.3 is 6.09 Å². The topological polar surface area (TPSA) is 88.2 Å². The molecule has 1 amide bonds. The van der Waals surface area contributed by atoms with Crippen LogP contribution in [-0.4, -0.2) is 40.0 Å². The van der Waals surface area contributed by atoms with E-state index in [0.717, 1.165) is 48.8 Å². The molecule has 0 radical (unpaired) electrons. The first kappa shape index (κ1) is 24.3. The van der Waals surface area contributed by atoms with Gasteiger partial charge in [0.05, 0.1) is 0 Å². The molecule has 7 nitrogen and oxygen atoms in total. The van der Waals surface area contributed by atoms with E-state index >= 15 is 0 Å². The highest BCUT2D eigenvalue weighted by atomic mass is 32.2. The third-order valence-corrected chi connectivity index (χ3v) is 5.86. The summed E-state index contributed by atoms with van der Waals surface area (Å²) in [6.45, 7) is 7.13. The zero-order chi connectivity index (χ0) is 23.0. The number of carbonyl (C=O) groups is 1. The molecule has 0 saturated heterocycles. The van der Waals surface area contributed by atoms with E-state index in [9.17, 15) is 4.79 Å². The number of benzene rings is 1. The van der Waals surface area contributed by atoms with Crippen molar-refractivity contribution in [3.8, 4) is 0 Å². The predicted octanol–water partition coefficient (Wildman–Crippen LogP) is 4.74. The molecule has 0 bridgehead atoms. The molecule has 3 N–H and O–H groups in total. The molecule has 1 aliphatic carbocycles. The largest absolute Gasteiger partial charge is 0.444 e. The number of rotatable bonds is 8. The van der Waals surface area contributed by atoms with Crippen molar-refractivity contribution < 1.29 is 9.53 Å². The lowest BCUT2D eigenvalue weighted by molar-refractivity contribution is 0.0492. The number of amides is 1. The molecule has 1 saturated carbocycles. The van der Waals surface area contributed by atoms with Gasteiger partial charge in [-0.2, -0.15) is 0 Å². The van der Waals surface area contributed by atoms with Crippen molar-refractivity contribution in [3.63, 3.8) is 0 Å². The van der Waals surface area contributed by atoms with Crippen LogP contribution in [0.3, 0.4) is 0 Å². The van der Waals surface area contributed by atoms with Gasteiger partial charge in [0.25, 0.3) is 0 Å². The highest BCUT2D eigenvalue weighted by Crippen LogP contribution is 2.25. The summed E-state index contributed by atoms with van der Waals surface area (Å²) in [7, 11) is 0. The normalized spacial score (nSPS) is 18.8. The van der Waals surface area contributed by atoms with Crippen LogP contribution >= 0.6 is 11.8 Å². The monoisotopic (exact) mass is 457 g/mol. The SMILES string of the molecule is CSc1ncc(CNCc2ccccc2)c(NC2CCC(NC(=O)OC(C)(C)C)CC2)n1. The summed E-state index contributed by atoms with van der Waals surface area (Å²) in [4.78, 5) is 21.2. The van der Waals surface area contributed by atoms with Crippen molar-refractivity contribution in [3.05, 3.63) is 47.7 Å². The van der Waals surface area contributed by atoms with Crippen molar-refractivity contribution in [1.29, 1.82) is 0 Å². The summed E-state index contributed by atoms with van der Waals surface area (Å²) < 4.78 is 5.38. The number of nitrogens with one attached hydrogen (secondary N) is 3. The first-order valence-electron chi connectivity index (χ1n) is 11.2. The zero-order valence-corrected chi connectivity index (χ0v) is 20.3. The van der Waals surface area contributed by atoms with Crippen LogP contribution in [0.15, 0.2) is 41.7 Å². The summed E-state index contributed by atoms with van der Waals surface area (Å²) in [5, 5.41) is 10.9. The van der Waals surface area contributed by atoms with Crippen molar-refractivity contribution in [1.82, 2.24) is 20.6 Å². The number of carbonyl (C=O) groups excluding carboxylic acids is 1. The maximum absolute atomic E-state index is 12.0. The van der Waals surface area contributed by atoms with Gasteiger partial charge in [-0.3, -0.25) is 0 Å². The summed E-state index contributed by atoms with van der Waals surface area (Å²) in [6, 6.07) is 10.8. The van der Waals surface area contributed by atoms with Crippen LogP contribution in [0.4, 0.5) is 10.6 Å². The number of anilines is 1. The van der Waals surface area contributed by atoms with E-state index in [1.807, 2.05) is 51.4 Å². The lowest BCUT2D eigenvalue weighted by Gasteiger charge is -2.31. The van der Waals surface area contributed by atoms with Crippen molar-refractivity contribution in [2.24, 2.45) is 0 Å². The second-order valence-electron chi connectivity index (χ2n) is 9.16. The minimum Gasteiger partial charge on any atom is -0.444 e. The van der Waals surface area contributed by atoms with E-state index < -0.39 is 5.60 Å². The Labute approximate surface area is 195 Å². The average molecular weight is 458 g/mol. The lowest BCUT2D eigenvalue weighted by atomic mass is 9.91. The fraction of sp³-hybridized carbons (Fsp3) is 0.542. The molecule has 3 rings (SSSR count). The number of ether oxygens (including phenoxy) is 1. The van der Waals surface area contributed by atoms with Crippen molar-refractivity contribution in [2.75, 3.05) is 11.6 Å². The molecule has 1 fully saturated rings. The summed E-state index contributed by atoms with van der Waals surface area (Å²) in [6.07, 6.45) is 7.33. The number of aromatic nitrogens is 2. The number of hydrogen-bond donors (Lipinski definition) is 3. The minimum absolute atomic E-state index is 0.155. The molecule has 0 unspecified atom stereocenters. The maximum Gasteiger partial charge on any atom is 0.407 e. The van der Waals surface area contributed by atoms with Crippen molar-refractivity contribution in [2.45, 2.75) is 82.4 Å². The van der Waals surface area contributed by atoms with Crippen LogP contribution < -0.4 is 16.0 Å². The number of alkyl carbamates (subject to hydrolysis) is 1. The third kappa shape index (κ3) is 7.98. The van der Waals surface area contributed by atoms with Crippen LogP contribution in [0.25, 0.3) is 0 Å². The Bertz CT molecular complexity index is 864. The second kappa shape index (κ2) is 11.5. The quantitative estimate of drug-likeness (QED) is 0.390. The molecule has 8 heteroatoms. The summed E-state index contributed by atoms with van der Waals surface area (Å²) in [5.74, 6) is 0.897. The number of hydrogen-bond acceptors (Lipinski definition) is 7. The molecule has 1 aromatic carbocycles. The summed E-state index contributed by atoms with van der Waals surface area (Å²) >= 11 is 1.54. The Balaban J connectivity index is 1.53. The van der Waals surface area contributed by atoms with E-state index in [4.69, 9.17) is 9.72 Å². The van der Waals surface area contributed by atoms with E-state index in [-0.39, 0.29) is 12.1 Å². The maximum atomic E-state index is 12.0. The molecule has 174 valence electrons. The van der Waals surface area contributed by atoms with Crippen LogP contribution in [0, 0.1) is 0 Å². The van der Waals surface area contributed by atoms with Gasteiger partial charge < -0.3 is 20.7 Å². The molecule has 1 aliphatic rings. The first-order chi connectivity index (χ1) is 15.3. The Morgan fingerprint density at radius 3 is 2.44 bits per heavy atom. The van der Waals surface area contributed by atoms with Gasteiger partial charge in [0.1, 0.15) is 11.4 Å². The average Bonchev–Trinajstić information content (AvgIpc) is 2.75. The smallest absolute Gasteiger partial charge is 0.407 e. The lowest BCUT2D eigenvalue weighted by Crippen LogP contribution is -2.42. The van der Waals surface area contributed by atoms with Gasteiger partial charge in [0.2, 0.25) is 0 Å². The molecule has 1 heterocycles. The Kier molecular flexibility index (Phi) is 8.75. The molecule has 1 aromatic heterocycles. The molecule has 32 heavy (non-hydrogen) atoms. The Morgan fingerprint density at radius 1 is 1.09 bits per heavy atom. The molecule has 0 spiro atoms. The fourth-order valence-electron chi connectivity index (χ4n) is 3.73. The summed E-state index contributed by atoms with van der Waals surface area (Å²) in [5.41, 5.74) is 1.84. The number of nitrogens with zero attached hydrogens (tertiary/aromatic N) is 2. The molecular formula is C24H35N5O2S. The van der Waals surface area contributed by atoms with Crippen LogP contribution in [-0.2, 0) is 17.8 Å². The minimum atomic E-state index is -0.476. The highest BCUT2D eigenvalue weighted by molar-refractivity contribution is 7.98. The zero-order valence-electron chi connectivity index (χ0n) is 19.5. The molecule has 0 atom stereocenters. The van der Waals surface area contributed by atoms with Crippen molar-refractivity contribution >= 4 is 23.7 Å². The van der Waals surface area contributed by atoms with Gasteiger partial charge in [-0.1, -0.05) is 42.1 Å². The van der Waals surface area contributed by atoms with Crippen LogP contribution in [0.2, 0.25) is 0 Å². The third-order valence-electron chi connectivity index (χ3n) is 5.30. The highest BCUT2D eigenvalue weighted by Gasteiger charge is 2.25. The van der Waals surface area contributed by atoms with E-state index in [0.29, 0.717) is 12.6 Å². The molecule has 0 aliphatic heterocycles. The van der Waals surface area contributed by atoms with E-state index in [2.05, 4.69) is 33.1 Å². The van der Waals surface area contributed by atoms with Gasteiger partial charge in [-0.15, -0.1) is 0 Å². The van der Waals surface area contributed by atoms with Gasteiger partial charge in [-0.25, -0.2) is 14.8 Å². The van der Waals surface area contributed by atoms with Crippen LogP contribution in [0.1, 0.15) is 57.6 Å². The van der Waals surface area contributed by atoms with Crippen LogP contribution in [0.5, 0.6) is 0 Å².